The first kappa shape index (κ1) is 10.4. The van der Waals surface area contributed by atoms with Crippen molar-refractivity contribution < 1.29 is 9.47 Å². The van der Waals surface area contributed by atoms with E-state index in [4.69, 9.17) is 9.47 Å². The van der Waals surface area contributed by atoms with Gasteiger partial charge < -0.3 is 9.47 Å². The monoisotopic (exact) mass is 223 g/mol. The first-order valence-electron chi connectivity index (χ1n) is 4.79. The molecule has 0 bridgehead atoms. The normalized spacial score (nSPS) is 14.3. The molecule has 0 fully saturated rings. The lowest BCUT2D eigenvalue weighted by Crippen LogP contribution is -1.94. The molecule has 1 aliphatic heterocycles. The third-order valence-electron chi connectivity index (χ3n) is 2.34. The summed E-state index contributed by atoms with van der Waals surface area (Å²) >= 11 is 1.49. The first-order valence-corrected chi connectivity index (χ1v) is 5.56. The van der Waals surface area contributed by atoms with Crippen LogP contribution in [-0.4, -0.2) is 20.4 Å². The lowest BCUT2D eigenvalue weighted by molar-refractivity contribution is 0.353. The summed E-state index contributed by atoms with van der Waals surface area (Å²) in [5.74, 6) is 1.56. The number of rotatable bonds is 2. The van der Waals surface area contributed by atoms with Crippen LogP contribution in [0.15, 0.2) is 21.4 Å². The smallest absolute Gasteiger partial charge is 0.161 e. The molecule has 1 aliphatic rings. The summed E-state index contributed by atoms with van der Waals surface area (Å²) < 4.78 is 14.8. The van der Waals surface area contributed by atoms with Crippen molar-refractivity contribution in [2.75, 3.05) is 14.2 Å². The van der Waals surface area contributed by atoms with Crippen LogP contribution in [-0.2, 0) is 6.42 Å². The zero-order valence-electron chi connectivity index (χ0n) is 8.82. The Morgan fingerprint density at radius 1 is 1.20 bits per heavy atom. The molecule has 0 atom stereocenters. The molecular weight excluding hydrogens is 210 g/mol. The molecule has 0 saturated carbocycles. The van der Waals surface area contributed by atoms with Gasteiger partial charge >= 0.3 is 0 Å². The van der Waals surface area contributed by atoms with Gasteiger partial charge in [0.15, 0.2) is 11.5 Å². The summed E-state index contributed by atoms with van der Waals surface area (Å²) in [6.07, 6.45) is 3.94. The van der Waals surface area contributed by atoms with Gasteiger partial charge in [0.1, 0.15) is 0 Å². The Morgan fingerprint density at radius 3 is 2.67 bits per heavy atom. The summed E-state index contributed by atoms with van der Waals surface area (Å²) in [6, 6.07) is 4.03. The second kappa shape index (κ2) is 4.57. The van der Waals surface area contributed by atoms with Crippen molar-refractivity contribution in [1.29, 1.82) is 0 Å². The van der Waals surface area contributed by atoms with Crippen LogP contribution < -0.4 is 9.47 Å². The highest BCUT2D eigenvalue weighted by Gasteiger charge is 2.12. The van der Waals surface area contributed by atoms with Crippen LogP contribution in [0.25, 0.3) is 0 Å². The van der Waals surface area contributed by atoms with Crippen molar-refractivity contribution in [2.45, 2.75) is 17.7 Å². The fourth-order valence-corrected chi connectivity index (χ4v) is 2.28. The van der Waals surface area contributed by atoms with Crippen LogP contribution in [0.5, 0.6) is 11.5 Å². The van der Waals surface area contributed by atoms with Crippen molar-refractivity contribution in [3.8, 4) is 11.5 Å². The largest absolute Gasteiger partial charge is 0.493 e. The Labute approximate surface area is 93.6 Å². The molecule has 0 N–H and O–H groups in total. The predicted octanol–water partition coefficient (Wildman–Crippen LogP) is 2.73. The molecule has 4 heteroatoms. The molecule has 0 amide bonds. The summed E-state index contributed by atoms with van der Waals surface area (Å²) in [4.78, 5) is 1.15. The highest BCUT2D eigenvalue weighted by atomic mass is 32.2. The average Bonchev–Trinajstić information content (AvgIpc) is 2.51. The van der Waals surface area contributed by atoms with E-state index in [0.29, 0.717) is 0 Å². The number of aryl methyl sites for hydroxylation is 1. The predicted molar refractivity (Wildman–Crippen MR) is 62.2 cm³/mol. The SMILES string of the molecule is COc1cc2c(cc1OC)SN=CCC2. The first-order chi connectivity index (χ1) is 7.35. The zero-order chi connectivity index (χ0) is 10.7. The van der Waals surface area contributed by atoms with Gasteiger partial charge in [0.25, 0.3) is 0 Å². The van der Waals surface area contributed by atoms with Crippen LogP contribution in [0.4, 0.5) is 0 Å². The second-order valence-corrected chi connectivity index (χ2v) is 4.07. The van der Waals surface area contributed by atoms with Crippen molar-refractivity contribution in [3.05, 3.63) is 17.7 Å². The number of fused-ring (bicyclic) bond motifs is 1. The maximum atomic E-state index is 5.27. The van der Waals surface area contributed by atoms with E-state index in [2.05, 4.69) is 4.40 Å². The van der Waals surface area contributed by atoms with Gasteiger partial charge in [-0.2, -0.15) is 0 Å². The van der Waals surface area contributed by atoms with Crippen LogP contribution in [0.1, 0.15) is 12.0 Å². The minimum absolute atomic E-state index is 0.765. The number of benzene rings is 1. The highest BCUT2D eigenvalue weighted by molar-refractivity contribution is 7.98. The number of nitrogens with zero attached hydrogens (tertiary/aromatic N) is 1. The molecule has 0 spiro atoms. The van der Waals surface area contributed by atoms with E-state index in [1.807, 2.05) is 18.3 Å². The average molecular weight is 223 g/mol. The summed E-state index contributed by atoms with van der Waals surface area (Å²) in [7, 11) is 3.31. The summed E-state index contributed by atoms with van der Waals surface area (Å²) in [6.45, 7) is 0. The molecule has 3 nitrogen and oxygen atoms in total. The number of hydrogen-bond donors (Lipinski definition) is 0. The van der Waals surface area contributed by atoms with Gasteiger partial charge in [-0.3, -0.25) is 0 Å². The van der Waals surface area contributed by atoms with E-state index in [0.717, 1.165) is 29.2 Å². The standard InChI is InChI=1S/C11H13NO2S/c1-13-9-6-8-4-3-5-12-15-11(8)7-10(9)14-2/h5-7H,3-4H2,1-2H3. The van der Waals surface area contributed by atoms with Gasteiger partial charge in [-0.1, -0.05) is 0 Å². The van der Waals surface area contributed by atoms with E-state index < -0.39 is 0 Å². The molecular formula is C11H13NO2S. The van der Waals surface area contributed by atoms with E-state index in [1.165, 1.54) is 17.5 Å². The molecule has 2 rings (SSSR count). The molecule has 1 aromatic carbocycles. The lowest BCUT2D eigenvalue weighted by Gasteiger charge is -2.11. The summed E-state index contributed by atoms with van der Waals surface area (Å²) in [5, 5.41) is 0. The molecule has 0 aromatic heterocycles. The Bertz CT molecular complexity index is 390. The molecule has 0 radical (unpaired) electrons. The molecule has 80 valence electrons. The second-order valence-electron chi connectivity index (χ2n) is 3.23. The van der Waals surface area contributed by atoms with Crippen LogP contribution >= 0.6 is 11.9 Å². The van der Waals surface area contributed by atoms with Crippen LogP contribution in [0.2, 0.25) is 0 Å². The van der Waals surface area contributed by atoms with Gasteiger partial charge in [-0.05, 0) is 30.5 Å². The number of hydrogen-bond acceptors (Lipinski definition) is 4. The maximum absolute atomic E-state index is 5.27. The number of methoxy groups -OCH3 is 2. The maximum Gasteiger partial charge on any atom is 0.161 e. The number of ether oxygens (including phenoxy) is 2. The fraction of sp³-hybridized carbons (Fsp3) is 0.364. The van der Waals surface area contributed by atoms with Gasteiger partial charge in [-0.25, -0.2) is 4.40 Å². The van der Waals surface area contributed by atoms with Gasteiger partial charge in [0.05, 0.1) is 14.2 Å². The van der Waals surface area contributed by atoms with Crippen molar-refractivity contribution in [1.82, 2.24) is 0 Å². The van der Waals surface area contributed by atoms with E-state index in [-0.39, 0.29) is 0 Å². The zero-order valence-corrected chi connectivity index (χ0v) is 9.63. The Kier molecular flexibility index (Phi) is 3.16. The van der Waals surface area contributed by atoms with Gasteiger partial charge in [0.2, 0.25) is 0 Å². The molecule has 0 saturated heterocycles. The molecule has 0 unspecified atom stereocenters. The van der Waals surface area contributed by atoms with Crippen molar-refractivity contribution in [2.24, 2.45) is 4.40 Å². The molecule has 15 heavy (non-hydrogen) atoms. The quantitative estimate of drug-likeness (QED) is 0.722. The third-order valence-corrected chi connectivity index (χ3v) is 3.17. The lowest BCUT2D eigenvalue weighted by atomic mass is 10.1. The van der Waals surface area contributed by atoms with E-state index >= 15 is 0 Å². The van der Waals surface area contributed by atoms with Crippen LogP contribution in [0.3, 0.4) is 0 Å². The van der Waals surface area contributed by atoms with Crippen LogP contribution in [0, 0.1) is 0 Å². The third kappa shape index (κ3) is 2.09. The van der Waals surface area contributed by atoms with Crippen molar-refractivity contribution >= 4 is 18.2 Å². The molecule has 1 heterocycles. The van der Waals surface area contributed by atoms with Gasteiger partial charge in [0, 0.05) is 23.1 Å². The van der Waals surface area contributed by atoms with E-state index in [1.54, 1.807) is 14.2 Å². The fourth-order valence-electron chi connectivity index (χ4n) is 1.55. The van der Waals surface area contributed by atoms with Gasteiger partial charge in [-0.15, -0.1) is 0 Å². The summed E-state index contributed by atoms with van der Waals surface area (Å²) in [5.41, 5.74) is 1.27. The Morgan fingerprint density at radius 2 is 1.93 bits per heavy atom. The van der Waals surface area contributed by atoms with Crippen molar-refractivity contribution in [3.63, 3.8) is 0 Å². The minimum Gasteiger partial charge on any atom is -0.493 e. The molecule has 1 aromatic rings. The minimum atomic E-state index is 0.765. The topological polar surface area (TPSA) is 30.8 Å². The highest BCUT2D eigenvalue weighted by Crippen LogP contribution is 2.37. The molecule has 0 aliphatic carbocycles. The Balaban J connectivity index is 2.44. The van der Waals surface area contributed by atoms with E-state index in [9.17, 15) is 0 Å². The Hall–Kier alpha value is -1.16.